The van der Waals surface area contributed by atoms with E-state index in [0.717, 1.165) is 25.1 Å². The van der Waals surface area contributed by atoms with Crippen LogP contribution in [0.4, 0.5) is 5.69 Å². The van der Waals surface area contributed by atoms with Crippen molar-refractivity contribution >= 4 is 23.3 Å². The fraction of sp³-hybridized carbons (Fsp3) is 0.267. The Hall–Kier alpha value is -3.66. The van der Waals surface area contributed by atoms with Gasteiger partial charge in [0.2, 0.25) is 0 Å². The van der Waals surface area contributed by atoms with Crippen LogP contribution in [0.1, 0.15) is 66.0 Å². The molecule has 0 fully saturated rings. The number of hydrogen-bond acceptors (Lipinski definition) is 4. The summed E-state index contributed by atoms with van der Waals surface area (Å²) in [6.45, 7) is 10.7. The Labute approximate surface area is 200 Å². The van der Waals surface area contributed by atoms with Gasteiger partial charge in [0.15, 0.2) is 11.6 Å². The van der Waals surface area contributed by atoms with Gasteiger partial charge in [-0.1, -0.05) is 50.3 Å². The first-order valence-corrected chi connectivity index (χ1v) is 11.9. The quantitative estimate of drug-likeness (QED) is 0.400. The summed E-state index contributed by atoms with van der Waals surface area (Å²) in [5.41, 5.74) is 5.64. The van der Waals surface area contributed by atoms with Crippen molar-refractivity contribution in [2.24, 2.45) is 0 Å². The van der Waals surface area contributed by atoms with E-state index in [-0.39, 0.29) is 22.6 Å². The minimum Gasteiger partial charge on any atom is -0.462 e. The molecule has 0 spiro atoms. The molecule has 1 aliphatic carbocycles. The number of allylic oxidation sites excluding steroid dienone is 6. The maximum Gasteiger partial charge on any atom is 0.198 e. The van der Waals surface area contributed by atoms with E-state index >= 15 is 0 Å². The number of benzene rings is 2. The number of carbonyl (C=O) groups excluding carboxylic acids is 2. The number of ketones is 2. The number of nitrogens with zero attached hydrogens (tertiary/aromatic N) is 1. The molecule has 2 aromatic carbocycles. The number of Topliss-reactive ketones (excluding diaryl/α,β-unsaturated/α-hetero) is 2. The number of rotatable bonds is 3. The first kappa shape index (κ1) is 22.1. The minimum absolute atomic E-state index is 0.126. The second-order valence-corrected chi connectivity index (χ2v) is 9.76. The van der Waals surface area contributed by atoms with Crippen LogP contribution in [-0.2, 0) is 10.2 Å². The summed E-state index contributed by atoms with van der Waals surface area (Å²) >= 11 is 0. The summed E-state index contributed by atoms with van der Waals surface area (Å²) in [4.78, 5) is 28.3. The lowest BCUT2D eigenvalue weighted by Crippen LogP contribution is -2.37. The average Bonchev–Trinajstić information content (AvgIpc) is 3.08. The number of fused-ring (bicyclic) bond motifs is 2. The van der Waals surface area contributed by atoms with Gasteiger partial charge in [-0.15, -0.1) is 0 Å². The highest BCUT2D eigenvalue weighted by molar-refractivity contribution is 6.40. The molecular formula is C30H29NO3. The maximum absolute atomic E-state index is 12.9. The molecule has 172 valence electrons. The molecule has 2 aliphatic heterocycles. The zero-order valence-corrected chi connectivity index (χ0v) is 20.1. The van der Waals surface area contributed by atoms with E-state index in [1.807, 2.05) is 19.1 Å². The molecule has 0 atom stereocenters. The van der Waals surface area contributed by atoms with Crippen LogP contribution in [0.2, 0.25) is 0 Å². The predicted octanol–water partition coefficient (Wildman–Crippen LogP) is 6.40. The van der Waals surface area contributed by atoms with Crippen LogP contribution in [0, 0.1) is 0 Å². The molecule has 0 aromatic heterocycles. The lowest BCUT2D eigenvalue weighted by Gasteiger charge is -2.40. The Balaban J connectivity index is 1.48. The zero-order valence-electron chi connectivity index (χ0n) is 20.1. The van der Waals surface area contributed by atoms with E-state index in [4.69, 9.17) is 4.74 Å². The predicted molar refractivity (Wildman–Crippen MR) is 136 cm³/mol. The van der Waals surface area contributed by atoms with E-state index in [0.29, 0.717) is 28.2 Å². The monoisotopic (exact) mass is 451 g/mol. The highest BCUT2D eigenvalue weighted by Crippen LogP contribution is 2.40. The van der Waals surface area contributed by atoms with Crippen molar-refractivity contribution in [1.82, 2.24) is 0 Å². The number of ether oxygens (including phenoxy) is 1. The van der Waals surface area contributed by atoms with E-state index < -0.39 is 0 Å². The summed E-state index contributed by atoms with van der Waals surface area (Å²) in [5.74, 6) is 0.801. The van der Waals surface area contributed by atoms with Gasteiger partial charge in [-0.3, -0.25) is 9.59 Å². The molecule has 0 amide bonds. The first-order chi connectivity index (χ1) is 16.3. The molecule has 34 heavy (non-hydrogen) atoms. The summed E-state index contributed by atoms with van der Waals surface area (Å²) in [5, 5.41) is 0. The Bertz CT molecular complexity index is 1300. The van der Waals surface area contributed by atoms with Gasteiger partial charge in [0, 0.05) is 29.9 Å². The summed E-state index contributed by atoms with van der Waals surface area (Å²) in [6, 6.07) is 13.6. The maximum atomic E-state index is 12.9. The van der Waals surface area contributed by atoms with E-state index in [9.17, 15) is 9.59 Å². The summed E-state index contributed by atoms with van der Waals surface area (Å²) in [7, 11) is 0. The molecule has 2 heterocycles. The van der Waals surface area contributed by atoms with E-state index in [1.165, 1.54) is 11.3 Å². The van der Waals surface area contributed by atoms with E-state index in [1.54, 1.807) is 36.4 Å². The van der Waals surface area contributed by atoms with Crippen molar-refractivity contribution in [2.75, 3.05) is 18.0 Å². The lowest BCUT2D eigenvalue weighted by molar-refractivity contribution is 0.0988. The third-order valence-corrected chi connectivity index (χ3v) is 7.01. The molecule has 5 rings (SSSR count). The van der Waals surface area contributed by atoms with Gasteiger partial charge in [0.05, 0.1) is 5.57 Å². The second-order valence-electron chi connectivity index (χ2n) is 9.76. The SMILES string of the molecule is CCN1CCC(C)(C)c2cc(/C=C/C3=CC(=C4C(=O)c5ccccc5C4=O)C=C(C)O3)ccc21. The van der Waals surface area contributed by atoms with Crippen LogP contribution < -0.4 is 4.90 Å². The molecule has 4 heteroatoms. The number of carbonyl (C=O) groups is 2. The van der Waals surface area contributed by atoms with E-state index in [2.05, 4.69) is 43.9 Å². The number of anilines is 1. The van der Waals surface area contributed by atoms with Crippen LogP contribution >= 0.6 is 0 Å². The summed E-state index contributed by atoms with van der Waals surface area (Å²) in [6.07, 6.45) is 8.60. The van der Waals surface area contributed by atoms with Gasteiger partial charge in [-0.25, -0.2) is 0 Å². The van der Waals surface area contributed by atoms with Gasteiger partial charge < -0.3 is 9.64 Å². The minimum atomic E-state index is -0.224. The highest BCUT2D eigenvalue weighted by Gasteiger charge is 2.35. The molecule has 3 aliphatic rings. The Morgan fingerprint density at radius 1 is 1.00 bits per heavy atom. The fourth-order valence-corrected chi connectivity index (χ4v) is 5.05. The first-order valence-electron chi connectivity index (χ1n) is 11.9. The van der Waals surface area contributed by atoms with Crippen LogP contribution in [0.15, 0.2) is 83.4 Å². The molecule has 0 bridgehead atoms. The normalized spacial score (nSPS) is 19.1. The molecule has 4 nitrogen and oxygen atoms in total. The Kier molecular flexibility index (Phi) is 5.40. The van der Waals surface area contributed by atoms with Gasteiger partial charge >= 0.3 is 0 Å². The molecule has 0 unspecified atom stereocenters. The van der Waals surface area contributed by atoms with Crippen LogP contribution in [-0.4, -0.2) is 24.7 Å². The van der Waals surface area contributed by atoms with Gasteiger partial charge in [0.25, 0.3) is 0 Å². The number of hydrogen-bond donors (Lipinski definition) is 0. The van der Waals surface area contributed by atoms with Crippen LogP contribution in [0.3, 0.4) is 0 Å². The van der Waals surface area contributed by atoms with Crippen molar-refractivity contribution in [2.45, 2.75) is 39.5 Å². The largest absolute Gasteiger partial charge is 0.462 e. The third-order valence-electron chi connectivity index (χ3n) is 7.01. The van der Waals surface area contributed by atoms with Crippen molar-refractivity contribution < 1.29 is 14.3 Å². The highest BCUT2D eigenvalue weighted by atomic mass is 16.5. The Morgan fingerprint density at radius 3 is 2.38 bits per heavy atom. The summed E-state index contributed by atoms with van der Waals surface area (Å²) < 4.78 is 5.90. The molecule has 0 N–H and O–H groups in total. The molecule has 0 radical (unpaired) electrons. The average molecular weight is 452 g/mol. The Morgan fingerprint density at radius 2 is 1.71 bits per heavy atom. The second kappa shape index (κ2) is 8.28. The van der Waals surface area contributed by atoms with Crippen molar-refractivity contribution in [3.63, 3.8) is 0 Å². The van der Waals surface area contributed by atoms with Gasteiger partial charge in [-0.2, -0.15) is 0 Å². The smallest absolute Gasteiger partial charge is 0.198 e. The standard InChI is InChI=1S/C30H29NO3/c1-5-31-15-14-30(3,4)25-17-20(11-13-26(25)31)10-12-22-18-21(16-19(2)34-22)27-28(32)23-8-6-7-9-24(23)29(27)33/h6-13,16-18H,5,14-15H2,1-4H3/b12-10+. The lowest BCUT2D eigenvalue weighted by atomic mass is 9.77. The van der Waals surface area contributed by atoms with Crippen molar-refractivity contribution in [3.8, 4) is 0 Å². The molecular weight excluding hydrogens is 422 g/mol. The van der Waals surface area contributed by atoms with Crippen LogP contribution in [0.25, 0.3) is 6.08 Å². The van der Waals surface area contributed by atoms with Crippen molar-refractivity contribution in [1.29, 1.82) is 0 Å². The van der Waals surface area contributed by atoms with Crippen molar-refractivity contribution in [3.05, 3.63) is 106 Å². The third kappa shape index (κ3) is 3.73. The molecule has 0 saturated heterocycles. The van der Waals surface area contributed by atoms with Gasteiger partial charge in [-0.05, 0) is 72.7 Å². The topological polar surface area (TPSA) is 46.6 Å². The molecule has 0 saturated carbocycles. The van der Waals surface area contributed by atoms with Crippen LogP contribution in [0.5, 0.6) is 0 Å². The fourth-order valence-electron chi connectivity index (χ4n) is 5.05. The zero-order chi connectivity index (χ0) is 24.0. The molecule has 2 aromatic rings. The van der Waals surface area contributed by atoms with Gasteiger partial charge in [0.1, 0.15) is 11.5 Å².